The number of fused-ring (bicyclic) bond motifs is 6. The van der Waals surface area contributed by atoms with Gasteiger partial charge in [-0.1, -0.05) is 12.1 Å². The lowest BCUT2D eigenvalue weighted by Gasteiger charge is -2.41. The standard InChI is InChI=1S/C26H27FN4O6S3/c1-39(34,35)28-9-15-11-38-25-23(15)40(36,37)30-24(29-25)20-22(32)18-8-14-6-13-7-17(13)19(14)21(18)31(26(20)33)10-12-2-4-16(27)5-3-12/h2-5,11,13-14,17-19,21,28,32H,6-10H2,1H3,(H,29,30)/t13?,14?,17?,18-,19?,21-/m1/s1. The molecule has 3 aliphatic carbocycles. The van der Waals surface area contributed by atoms with Crippen molar-refractivity contribution in [3.05, 3.63) is 57.9 Å². The highest BCUT2D eigenvalue weighted by Crippen LogP contribution is 2.66. The lowest BCUT2D eigenvalue weighted by molar-refractivity contribution is -0.133. The normalized spacial score (nSPS) is 31.7. The van der Waals surface area contributed by atoms with Gasteiger partial charge in [-0.15, -0.1) is 15.7 Å². The summed E-state index contributed by atoms with van der Waals surface area (Å²) in [6, 6.07) is 5.71. The molecule has 3 N–H and O–H groups in total. The largest absolute Gasteiger partial charge is 0.511 e. The minimum Gasteiger partial charge on any atom is -0.511 e. The lowest BCUT2D eigenvalue weighted by atomic mass is 9.85. The Morgan fingerprint density at radius 3 is 2.67 bits per heavy atom. The molecule has 3 fully saturated rings. The number of carbonyl (C=O) groups is 1. The van der Waals surface area contributed by atoms with Crippen LogP contribution in [-0.2, 0) is 37.9 Å². The summed E-state index contributed by atoms with van der Waals surface area (Å²) < 4.78 is 69.6. The van der Waals surface area contributed by atoms with Crippen molar-refractivity contribution in [3.8, 4) is 0 Å². The monoisotopic (exact) mass is 606 g/mol. The van der Waals surface area contributed by atoms with Crippen LogP contribution in [0.4, 0.5) is 9.39 Å². The van der Waals surface area contributed by atoms with E-state index in [2.05, 4.69) is 14.4 Å². The van der Waals surface area contributed by atoms with E-state index >= 15 is 0 Å². The number of carbonyl (C=O) groups excluding carboxylic acids is 1. The molecule has 10 nitrogen and oxygen atoms in total. The molecule has 1 aromatic carbocycles. The molecule has 40 heavy (non-hydrogen) atoms. The maximum Gasteiger partial charge on any atom is 0.287 e. The molecule has 2 aromatic rings. The molecule has 2 aliphatic heterocycles. The number of halogens is 1. The molecule has 14 heteroatoms. The molecule has 7 rings (SSSR count). The first-order valence-electron chi connectivity index (χ1n) is 13.1. The summed E-state index contributed by atoms with van der Waals surface area (Å²) >= 11 is 1.05. The first kappa shape index (κ1) is 26.1. The number of nitrogens with one attached hydrogen (secondary N) is 2. The molecule has 0 spiro atoms. The summed E-state index contributed by atoms with van der Waals surface area (Å²) in [5.41, 5.74) is 0.793. The molecule has 6 atom stereocenters. The molecule has 1 amide bonds. The van der Waals surface area contributed by atoms with Crippen LogP contribution >= 0.6 is 11.3 Å². The average Bonchev–Trinajstić information content (AvgIpc) is 3.19. The van der Waals surface area contributed by atoms with E-state index < -0.39 is 26.0 Å². The van der Waals surface area contributed by atoms with Crippen molar-refractivity contribution in [2.75, 3.05) is 11.6 Å². The van der Waals surface area contributed by atoms with E-state index in [1.165, 1.54) is 17.5 Å². The number of benzene rings is 1. The maximum absolute atomic E-state index is 14.1. The van der Waals surface area contributed by atoms with E-state index in [9.17, 15) is 31.1 Å². The Balaban J connectivity index is 1.27. The van der Waals surface area contributed by atoms with Gasteiger partial charge in [0.25, 0.3) is 15.9 Å². The highest BCUT2D eigenvalue weighted by molar-refractivity contribution is 7.91. The summed E-state index contributed by atoms with van der Waals surface area (Å²) in [6.45, 7) is -0.0350. The summed E-state index contributed by atoms with van der Waals surface area (Å²) in [7, 11) is -7.88. The molecule has 0 radical (unpaired) electrons. The number of amides is 1. The lowest BCUT2D eigenvalue weighted by Crippen LogP contribution is -2.52. The highest BCUT2D eigenvalue weighted by atomic mass is 32.2. The number of aliphatic hydroxyl groups is 1. The van der Waals surface area contributed by atoms with E-state index in [0.717, 1.165) is 36.0 Å². The van der Waals surface area contributed by atoms with Crippen molar-refractivity contribution in [2.45, 2.75) is 43.3 Å². The molecule has 4 unspecified atom stereocenters. The minimum absolute atomic E-state index is 0.141. The molecular weight excluding hydrogens is 580 g/mol. The van der Waals surface area contributed by atoms with Gasteiger partial charge in [0.1, 0.15) is 27.0 Å². The molecule has 0 saturated heterocycles. The Bertz CT molecular complexity index is 1720. The van der Waals surface area contributed by atoms with Gasteiger partial charge in [-0.2, -0.15) is 8.42 Å². The Kier molecular flexibility index (Phi) is 5.77. The Labute approximate surface area is 235 Å². The number of nitrogens with zero attached hydrogens (tertiary/aromatic N) is 2. The van der Waals surface area contributed by atoms with E-state index in [1.54, 1.807) is 17.0 Å². The van der Waals surface area contributed by atoms with Gasteiger partial charge in [-0.05, 0) is 66.0 Å². The van der Waals surface area contributed by atoms with Crippen LogP contribution in [0.25, 0.3) is 0 Å². The minimum atomic E-state index is -4.32. The van der Waals surface area contributed by atoms with E-state index in [0.29, 0.717) is 24.2 Å². The van der Waals surface area contributed by atoms with Crippen molar-refractivity contribution in [1.82, 2.24) is 9.62 Å². The predicted octanol–water partition coefficient (Wildman–Crippen LogP) is 2.96. The van der Waals surface area contributed by atoms with Crippen LogP contribution in [0.5, 0.6) is 0 Å². The second kappa shape index (κ2) is 8.84. The molecule has 212 valence electrons. The zero-order valence-electron chi connectivity index (χ0n) is 21.4. The quantitative estimate of drug-likeness (QED) is 0.459. The van der Waals surface area contributed by atoms with Crippen LogP contribution in [0.2, 0.25) is 0 Å². The predicted molar refractivity (Wildman–Crippen MR) is 146 cm³/mol. The van der Waals surface area contributed by atoms with Gasteiger partial charge in [0.05, 0.1) is 6.26 Å². The molecule has 3 heterocycles. The van der Waals surface area contributed by atoms with Gasteiger partial charge in [0, 0.05) is 30.6 Å². The Hall–Kier alpha value is -2.81. The third-order valence-electron chi connectivity index (χ3n) is 8.97. The number of hydrogen-bond donors (Lipinski definition) is 3. The second-order valence-corrected chi connectivity index (χ2v) is 15.7. The van der Waals surface area contributed by atoms with Crippen LogP contribution < -0.4 is 10.0 Å². The SMILES string of the molecule is CS(=O)(=O)NCc1csc2c1S(=O)(=O)N=C(C1=C(O)[C@@H]3CC4CC5CC5C4[C@@H]3N(Cc3ccc(F)cc3)C1=O)N2. The van der Waals surface area contributed by atoms with Crippen LogP contribution in [-0.4, -0.2) is 50.9 Å². The molecule has 5 aliphatic rings. The second-order valence-electron chi connectivity index (χ2n) is 11.4. The number of thiophene rings is 1. The number of anilines is 1. The third kappa shape index (κ3) is 4.18. The zero-order chi connectivity index (χ0) is 28.1. The number of amidine groups is 1. The van der Waals surface area contributed by atoms with Crippen molar-refractivity contribution in [3.63, 3.8) is 0 Å². The fourth-order valence-electron chi connectivity index (χ4n) is 7.37. The summed E-state index contributed by atoms with van der Waals surface area (Å²) in [6.07, 6.45) is 3.88. The summed E-state index contributed by atoms with van der Waals surface area (Å²) in [5.74, 6) is 0.196. The average molecular weight is 607 g/mol. The van der Waals surface area contributed by atoms with Gasteiger partial charge in [0.2, 0.25) is 10.0 Å². The van der Waals surface area contributed by atoms with E-state index in [4.69, 9.17) is 0 Å². The summed E-state index contributed by atoms with van der Waals surface area (Å²) in [5, 5.41) is 16.2. The van der Waals surface area contributed by atoms with Crippen LogP contribution in [0.15, 0.2) is 50.3 Å². The number of hydrogen-bond acceptors (Lipinski definition) is 8. The first-order chi connectivity index (χ1) is 18.9. The topological polar surface area (TPSA) is 145 Å². The van der Waals surface area contributed by atoms with Crippen molar-refractivity contribution < 1.29 is 31.1 Å². The zero-order valence-corrected chi connectivity index (χ0v) is 23.8. The van der Waals surface area contributed by atoms with Crippen LogP contribution in [0, 0.1) is 35.4 Å². The van der Waals surface area contributed by atoms with Gasteiger partial charge >= 0.3 is 0 Å². The van der Waals surface area contributed by atoms with Gasteiger partial charge in [0.15, 0.2) is 5.84 Å². The van der Waals surface area contributed by atoms with E-state index in [-0.39, 0.29) is 69.4 Å². The fraction of sp³-hybridized carbons (Fsp3) is 0.462. The van der Waals surface area contributed by atoms with Gasteiger partial charge in [-0.25, -0.2) is 17.5 Å². The van der Waals surface area contributed by atoms with Crippen molar-refractivity contribution >= 4 is 48.1 Å². The maximum atomic E-state index is 14.1. The van der Waals surface area contributed by atoms with Crippen molar-refractivity contribution in [1.29, 1.82) is 0 Å². The van der Waals surface area contributed by atoms with Crippen molar-refractivity contribution in [2.24, 2.45) is 34.0 Å². The van der Waals surface area contributed by atoms with Gasteiger partial charge < -0.3 is 15.3 Å². The van der Waals surface area contributed by atoms with Crippen LogP contribution in [0.1, 0.15) is 30.4 Å². The summed E-state index contributed by atoms with van der Waals surface area (Å²) in [4.78, 5) is 15.7. The number of rotatable bonds is 6. The Morgan fingerprint density at radius 1 is 1.20 bits per heavy atom. The number of aliphatic hydroxyl groups excluding tert-OH is 1. The molecule has 0 bridgehead atoms. The third-order valence-corrected chi connectivity index (χ3v) is 12.1. The smallest absolute Gasteiger partial charge is 0.287 e. The molecular formula is C26H27FN4O6S3. The van der Waals surface area contributed by atoms with E-state index in [1.807, 2.05) is 0 Å². The highest BCUT2D eigenvalue weighted by Gasteiger charge is 2.64. The van der Waals surface area contributed by atoms with Gasteiger partial charge in [-0.3, -0.25) is 4.79 Å². The molecule has 1 aromatic heterocycles. The first-order valence-corrected chi connectivity index (χ1v) is 17.3. The Morgan fingerprint density at radius 2 is 1.95 bits per heavy atom. The molecule has 3 saturated carbocycles. The van der Waals surface area contributed by atoms with Crippen LogP contribution in [0.3, 0.4) is 0 Å². The fourth-order valence-corrected chi connectivity index (χ4v) is 10.4. The number of sulfonamides is 2.